The Labute approximate surface area is 114 Å². The van der Waals surface area contributed by atoms with E-state index in [0.29, 0.717) is 5.69 Å². The van der Waals surface area contributed by atoms with Gasteiger partial charge in [-0.3, -0.25) is 4.79 Å². The lowest BCUT2D eigenvalue weighted by atomic mass is 10.0. The highest BCUT2D eigenvalue weighted by molar-refractivity contribution is 7.89. The van der Waals surface area contributed by atoms with Crippen LogP contribution in [-0.2, 0) is 14.8 Å². The van der Waals surface area contributed by atoms with E-state index in [1.165, 1.54) is 12.1 Å². The maximum atomic E-state index is 12.2. The molecule has 0 fully saturated rings. The number of amides is 1. The van der Waals surface area contributed by atoms with E-state index in [0.717, 1.165) is 12.8 Å². The SMILES string of the molecule is CCC(CC)C(=O)N(C)c1ccc(S(N)(=O)=O)cc1. The maximum Gasteiger partial charge on any atom is 0.238 e. The van der Waals surface area contributed by atoms with E-state index in [9.17, 15) is 13.2 Å². The normalized spacial score (nSPS) is 11.6. The molecule has 0 heterocycles. The topological polar surface area (TPSA) is 80.5 Å². The molecule has 0 spiro atoms. The molecule has 106 valence electrons. The van der Waals surface area contributed by atoms with Crippen LogP contribution in [0.3, 0.4) is 0 Å². The van der Waals surface area contributed by atoms with Crippen LogP contribution in [0.1, 0.15) is 26.7 Å². The number of nitrogens with zero attached hydrogens (tertiary/aromatic N) is 1. The fourth-order valence-corrected chi connectivity index (χ4v) is 2.41. The average Bonchev–Trinajstić information content (AvgIpc) is 2.38. The Morgan fingerprint density at radius 3 is 2.05 bits per heavy atom. The van der Waals surface area contributed by atoms with Gasteiger partial charge in [0.25, 0.3) is 0 Å². The third-order valence-electron chi connectivity index (χ3n) is 3.22. The Morgan fingerprint density at radius 2 is 1.68 bits per heavy atom. The molecule has 1 aromatic carbocycles. The Kier molecular flexibility index (Phi) is 5.08. The molecule has 0 aromatic heterocycles. The number of carbonyl (C=O) groups is 1. The van der Waals surface area contributed by atoms with Crippen molar-refractivity contribution in [2.45, 2.75) is 31.6 Å². The summed E-state index contributed by atoms with van der Waals surface area (Å²) in [6.07, 6.45) is 1.57. The summed E-state index contributed by atoms with van der Waals surface area (Å²) in [4.78, 5) is 13.8. The lowest BCUT2D eigenvalue weighted by molar-refractivity contribution is -0.122. The third kappa shape index (κ3) is 3.78. The van der Waals surface area contributed by atoms with Gasteiger partial charge in [-0.1, -0.05) is 13.8 Å². The first-order chi connectivity index (χ1) is 8.81. The van der Waals surface area contributed by atoms with Gasteiger partial charge in [-0.15, -0.1) is 0 Å². The Hall–Kier alpha value is -1.40. The van der Waals surface area contributed by atoms with Crippen molar-refractivity contribution in [3.05, 3.63) is 24.3 Å². The second-order valence-electron chi connectivity index (χ2n) is 4.45. The minimum Gasteiger partial charge on any atom is -0.315 e. The molecular formula is C13H20N2O3S. The van der Waals surface area contributed by atoms with Crippen molar-refractivity contribution in [2.24, 2.45) is 11.1 Å². The van der Waals surface area contributed by atoms with Gasteiger partial charge in [-0.05, 0) is 37.1 Å². The monoisotopic (exact) mass is 284 g/mol. The van der Waals surface area contributed by atoms with Crippen LogP contribution >= 0.6 is 0 Å². The van der Waals surface area contributed by atoms with Gasteiger partial charge in [0, 0.05) is 18.7 Å². The van der Waals surface area contributed by atoms with E-state index < -0.39 is 10.0 Å². The van der Waals surface area contributed by atoms with Crippen LogP contribution in [0, 0.1) is 5.92 Å². The van der Waals surface area contributed by atoms with Crippen molar-refractivity contribution in [1.29, 1.82) is 0 Å². The molecule has 1 amide bonds. The third-order valence-corrected chi connectivity index (χ3v) is 4.15. The Bertz CT molecular complexity index is 534. The van der Waals surface area contributed by atoms with Gasteiger partial charge < -0.3 is 4.90 Å². The summed E-state index contributed by atoms with van der Waals surface area (Å²) in [5.41, 5.74) is 0.657. The zero-order valence-corrected chi connectivity index (χ0v) is 12.3. The average molecular weight is 284 g/mol. The van der Waals surface area contributed by atoms with Gasteiger partial charge in [-0.25, -0.2) is 13.6 Å². The van der Waals surface area contributed by atoms with Crippen molar-refractivity contribution in [2.75, 3.05) is 11.9 Å². The molecule has 5 nitrogen and oxygen atoms in total. The number of sulfonamides is 1. The quantitative estimate of drug-likeness (QED) is 0.894. The number of rotatable bonds is 5. The number of hydrogen-bond donors (Lipinski definition) is 1. The molecule has 19 heavy (non-hydrogen) atoms. The molecule has 0 aliphatic heterocycles. The first-order valence-corrected chi connectivity index (χ1v) is 7.76. The number of benzene rings is 1. The second-order valence-corrected chi connectivity index (χ2v) is 6.01. The molecule has 1 rings (SSSR count). The van der Waals surface area contributed by atoms with Gasteiger partial charge in [0.2, 0.25) is 15.9 Å². The highest BCUT2D eigenvalue weighted by atomic mass is 32.2. The number of carbonyl (C=O) groups excluding carboxylic acids is 1. The first kappa shape index (κ1) is 15.7. The number of primary sulfonamides is 1. The van der Waals surface area contributed by atoms with Crippen molar-refractivity contribution in [3.63, 3.8) is 0 Å². The minimum atomic E-state index is -3.69. The van der Waals surface area contributed by atoms with Crippen LogP contribution in [-0.4, -0.2) is 21.4 Å². The highest BCUT2D eigenvalue weighted by Crippen LogP contribution is 2.20. The van der Waals surface area contributed by atoms with E-state index in [4.69, 9.17) is 5.14 Å². The zero-order chi connectivity index (χ0) is 14.6. The second kappa shape index (κ2) is 6.16. The maximum absolute atomic E-state index is 12.2. The van der Waals surface area contributed by atoms with Crippen LogP contribution in [0.25, 0.3) is 0 Å². The molecule has 0 radical (unpaired) electrons. The van der Waals surface area contributed by atoms with Crippen molar-refractivity contribution >= 4 is 21.6 Å². The molecule has 0 aliphatic carbocycles. The minimum absolute atomic E-state index is 0.0112. The van der Waals surface area contributed by atoms with Gasteiger partial charge >= 0.3 is 0 Å². The van der Waals surface area contributed by atoms with Gasteiger partial charge in [0.1, 0.15) is 0 Å². The summed E-state index contributed by atoms with van der Waals surface area (Å²) in [5.74, 6) is 0.0243. The zero-order valence-electron chi connectivity index (χ0n) is 11.5. The molecular weight excluding hydrogens is 264 g/mol. The van der Waals surface area contributed by atoms with E-state index in [1.54, 1.807) is 24.1 Å². The largest absolute Gasteiger partial charge is 0.315 e. The molecule has 0 saturated carbocycles. The van der Waals surface area contributed by atoms with Crippen LogP contribution in [0.15, 0.2) is 29.2 Å². The smallest absolute Gasteiger partial charge is 0.238 e. The lowest BCUT2D eigenvalue weighted by Gasteiger charge is -2.22. The van der Waals surface area contributed by atoms with E-state index in [1.807, 2.05) is 13.8 Å². The lowest BCUT2D eigenvalue weighted by Crippen LogP contribution is -2.32. The van der Waals surface area contributed by atoms with E-state index >= 15 is 0 Å². The Balaban J connectivity index is 2.95. The van der Waals surface area contributed by atoms with Crippen molar-refractivity contribution < 1.29 is 13.2 Å². The molecule has 1 aromatic rings. The van der Waals surface area contributed by atoms with Gasteiger partial charge in [0.15, 0.2) is 0 Å². The predicted octanol–water partition coefficient (Wildman–Crippen LogP) is 1.73. The van der Waals surface area contributed by atoms with Gasteiger partial charge in [-0.2, -0.15) is 0 Å². The Morgan fingerprint density at radius 1 is 1.21 bits per heavy atom. The predicted molar refractivity (Wildman–Crippen MR) is 75.3 cm³/mol. The molecule has 2 N–H and O–H groups in total. The molecule has 0 aliphatic rings. The van der Waals surface area contributed by atoms with Crippen LogP contribution in [0.5, 0.6) is 0 Å². The first-order valence-electron chi connectivity index (χ1n) is 6.21. The number of hydrogen-bond acceptors (Lipinski definition) is 3. The van der Waals surface area contributed by atoms with Crippen LogP contribution < -0.4 is 10.0 Å². The summed E-state index contributed by atoms with van der Waals surface area (Å²) < 4.78 is 22.3. The van der Waals surface area contributed by atoms with Crippen LogP contribution in [0.2, 0.25) is 0 Å². The summed E-state index contributed by atoms with van der Waals surface area (Å²) >= 11 is 0. The fraction of sp³-hybridized carbons (Fsp3) is 0.462. The number of anilines is 1. The summed E-state index contributed by atoms with van der Waals surface area (Å²) in [7, 11) is -2.01. The molecule has 0 bridgehead atoms. The standard InChI is InChI=1S/C13H20N2O3S/c1-4-10(5-2)13(16)15(3)11-6-8-12(9-7-11)19(14,17)18/h6-10H,4-5H2,1-3H3,(H2,14,17,18). The van der Waals surface area contributed by atoms with E-state index in [2.05, 4.69) is 0 Å². The number of nitrogens with two attached hydrogens (primary N) is 1. The van der Waals surface area contributed by atoms with Gasteiger partial charge in [0.05, 0.1) is 4.90 Å². The summed E-state index contributed by atoms with van der Waals surface area (Å²) in [6.45, 7) is 3.95. The molecule has 0 unspecified atom stereocenters. The van der Waals surface area contributed by atoms with E-state index in [-0.39, 0.29) is 16.7 Å². The van der Waals surface area contributed by atoms with Crippen LogP contribution in [0.4, 0.5) is 5.69 Å². The van der Waals surface area contributed by atoms with Crippen molar-refractivity contribution in [1.82, 2.24) is 0 Å². The molecule has 0 atom stereocenters. The summed E-state index contributed by atoms with van der Waals surface area (Å²) in [6, 6.07) is 5.97. The molecule has 0 saturated heterocycles. The molecule has 6 heteroatoms. The summed E-state index contributed by atoms with van der Waals surface area (Å²) in [5, 5.41) is 5.03. The highest BCUT2D eigenvalue weighted by Gasteiger charge is 2.20. The van der Waals surface area contributed by atoms with Crippen molar-refractivity contribution in [3.8, 4) is 0 Å². The fourth-order valence-electron chi connectivity index (χ4n) is 1.90.